The SMILES string of the molecule is O=S([O-])C1COCCN1F. The molecule has 0 aromatic rings. The van der Waals surface area contributed by atoms with Crippen LogP contribution in [0, 0.1) is 0 Å². The van der Waals surface area contributed by atoms with Crippen molar-refractivity contribution in [3.05, 3.63) is 0 Å². The molecule has 1 heterocycles. The fourth-order valence-corrected chi connectivity index (χ4v) is 1.21. The summed E-state index contributed by atoms with van der Waals surface area (Å²) in [6.07, 6.45) is 0. The van der Waals surface area contributed by atoms with Crippen LogP contribution in [0.15, 0.2) is 0 Å². The zero-order chi connectivity index (χ0) is 7.56. The Labute approximate surface area is 60.2 Å². The van der Waals surface area contributed by atoms with Crippen molar-refractivity contribution in [2.75, 3.05) is 19.8 Å². The summed E-state index contributed by atoms with van der Waals surface area (Å²) in [5.74, 6) is 0. The van der Waals surface area contributed by atoms with E-state index in [1.807, 2.05) is 0 Å². The van der Waals surface area contributed by atoms with Gasteiger partial charge in [-0.2, -0.15) is 0 Å². The summed E-state index contributed by atoms with van der Waals surface area (Å²) in [4.78, 5) is 0. The van der Waals surface area contributed by atoms with Crippen LogP contribution in [0.4, 0.5) is 4.48 Å². The highest BCUT2D eigenvalue weighted by molar-refractivity contribution is 7.79. The molecule has 1 aliphatic heterocycles. The second-order valence-corrected chi connectivity index (χ2v) is 2.98. The Balaban J connectivity index is 2.47. The number of hydrogen-bond acceptors (Lipinski definition) is 4. The van der Waals surface area contributed by atoms with Crippen LogP contribution in [-0.2, 0) is 15.8 Å². The maximum absolute atomic E-state index is 12.5. The molecular weight excluding hydrogens is 161 g/mol. The second kappa shape index (κ2) is 3.38. The van der Waals surface area contributed by atoms with E-state index >= 15 is 0 Å². The van der Waals surface area contributed by atoms with Gasteiger partial charge in [0.05, 0.1) is 19.8 Å². The van der Waals surface area contributed by atoms with E-state index in [1.165, 1.54) is 0 Å². The van der Waals surface area contributed by atoms with E-state index in [9.17, 15) is 13.2 Å². The Kier molecular flexibility index (Phi) is 2.72. The molecule has 60 valence electrons. The maximum atomic E-state index is 12.5. The fraction of sp³-hybridized carbons (Fsp3) is 1.00. The largest absolute Gasteiger partial charge is 0.771 e. The molecule has 4 nitrogen and oxygen atoms in total. The van der Waals surface area contributed by atoms with Crippen molar-refractivity contribution in [1.82, 2.24) is 5.12 Å². The normalized spacial score (nSPS) is 32.0. The third-order valence-corrected chi connectivity index (χ3v) is 2.05. The lowest BCUT2D eigenvalue weighted by Gasteiger charge is -2.29. The lowest BCUT2D eigenvalue weighted by molar-refractivity contribution is -0.0826. The first-order valence-electron chi connectivity index (χ1n) is 2.80. The van der Waals surface area contributed by atoms with Crippen molar-refractivity contribution in [1.29, 1.82) is 0 Å². The van der Waals surface area contributed by atoms with Crippen LogP contribution in [0.25, 0.3) is 0 Å². The van der Waals surface area contributed by atoms with Gasteiger partial charge < -0.3 is 9.29 Å². The highest BCUT2D eigenvalue weighted by Crippen LogP contribution is 2.08. The molecule has 0 N–H and O–H groups in total. The van der Waals surface area contributed by atoms with Gasteiger partial charge in [-0.05, 0) is 11.1 Å². The van der Waals surface area contributed by atoms with E-state index in [4.69, 9.17) is 4.74 Å². The van der Waals surface area contributed by atoms with E-state index in [0.717, 1.165) is 0 Å². The molecule has 0 amide bonds. The van der Waals surface area contributed by atoms with E-state index in [1.54, 1.807) is 0 Å². The van der Waals surface area contributed by atoms with Crippen molar-refractivity contribution in [3.8, 4) is 0 Å². The molecule has 0 bridgehead atoms. The van der Waals surface area contributed by atoms with Crippen molar-refractivity contribution in [2.24, 2.45) is 0 Å². The van der Waals surface area contributed by atoms with Gasteiger partial charge >= 0.3 is 0 Å². The summed E-state index contributed by atoms with van der Waals surface area (Å²) in [6.45, 7) is 0.204. The summed E-state index contributed by atoms with van der Waals surface area (Å²) in [6, 6.07) is 0. The van der Waals surface area contributed by atoms with E-state index in [2.05, 4.69) is 0 Å². The Morgan fingerprint density at radius 3 is 2.90 bits per heavy atom. The van der Waals surface area contributed by atoms with Gasteiger partial charge in [0.1, 0.15) is 5.37 Å². The summed E-state index contributed by atoms with van der Waals surface area (Å²) in [5, 5.41) is -0.846. The van der Waals surface area contributed by atoms with Crippen LogP contribution in [0.5, 0.6) is 0 Å². The molecule has 6 heteroatoms. The lowest BCUT2D eigenvalue weighted by atomic mass is 10.5. The van der Waals surface area contributed by atoms with Crippen LogP contribution < -0.4 is 0 Å². The molecule has 10 heavy (non-hydrogen) atoms. The number of halogens is 1. The number of morpholine rings is 1. The monoisotopic (exact) mass is 168 g/mol. The standard InChI is InChI=1S/C4H8FNO3S/c5-6-1-2-9-3-4(6)10(7)8/h4H,1-3H2,(H,7,8)/p-1. The van der Waals surface area contributed by atoms with Crippen LogP contribution in [0.2, 0.25) is 0 Å². The minimum atomic E-state index is -2.41. The highest BCUT2D eigenvalue weighted by Gasteiger charge is 2.23. The average Bonchev–Trinajstić information content (AvgIpc) is 1.88. The van der Waals surface area contributed by atoms with E-state index in [0.29, 0.717) is 0 Å². The summed E-state index contributed by atoms with van der Waals surface area (Å²) in [7, 11) is 0. The molecule has 0 saturated carbocycles. The van der Waals surface area contributed by atoms with Gasteiger partial charge in [-0.25, -0.2) is 0 Å². The predicted octanol–water partition coefficient (Wildman–Crippen LogP) is -0.592. The van der Waals surface area contributed by atoms with Crippen LogP contribution in [0.3, 0.4) is 0 Å². The van der Waals surface area contributed by atoms with Crippen LogP contribution in [-0.4, -0.2) is 39.0 Å². The molecule has 2 unspecified atom stereocenters. The smallest absolute Gasteiger partial charge is 0.125 e. The quantitative estimate of drug-likeness (QED) is 0.388. The van der Waals surface area contributed by atoms with Crippen molar-refractivity contribution < 1.29 is 18.0 Å². The molecule has 1 aliphatic rings. The van der Waals surface area contributed by atoms with Crippen LogP contribution >= 0.6 is 0 Å². The Morgan fingerprint density at radius 1 is 1.80 bits per heavy atom. The van der Waals surface area contributed by atoms with Crippen molar-refractivity contribution >= 4 is 11.1 Å². The molecule has 0 aliphatic carbocycles. The molecule has 2 atom stereocenters. The zero-order valence-electron chi connectivity index (χ0n) is 5.16. The van der Waals surface area contributed by atoms with E-state index in [-0.39, 0.29) is 24.9 Å². The third-order valence-electron chi connectivity index (χ3n) is 1.24. The Bertz CT molecular complexity index is 144. The molecular formula is C4H7FNO3S-. The summed E-state index contributed by atoms with van der Waals surface area (Å²) < 4.78 is 37.6. The van der Waals surface area contributed by atoms with Crippen LogP contribution in [0.1, 0.15) is 0 Å². The molecule has 0 aromatic carbocycles. The molecule has 0 aromatic heterocycles. The zero-order valence-corrected chi connectivity index (χ0v) is 5.97. The first kappa shape index (κ1) is 8.06. The number of rotatable bonds is 1. The van der Waals surface area contributed by atoms with Gasteiger partial charge in [0.2, 0.25) is 0 Å². The second-order valence-electron chi connectivity index (χ2n) is 1.91. The van der Waals surface area contributed by atoms with Gasteiger partial charge in [0.25, 0.3) is 0 Å². The van der Waals surface area contributed by atoms with E-state index < -0.39 is 16.5 Å². The topological polar surface area (TPSA) is 52.6 Å². The van der Waals surface area contributed by atoms with Gasteiger partial charge in [-0.15, -0.1) is 9.60 Å². The number of nitrogens with zero attached hydrogens (tertiary/aromatic N) is 1. The first-order valence-corrected chi connectivity index (χ1v) is 3.94. The molecule has 1 fully saturated rings. The third kappa shape index (κ3) is 1.72. The average molecular weight is 168 g/mol. The van der Waals surface area contributed by atoms with Gasteiger partial charge in [-0.1, -0.05) is 0 Å². The fourth-order valence-electron chi connectivity index (χ4n) is 0.710. The molecule has 1 saturated heterocycles. The van der Waals surface area contributed by atoms with Gasteiger partial charge in [0.15, 0.2) is 0 Å². The minimum absolute atomic E-state index is 0.0264. The summed E-state index contributed by atoms with van der Waals surface area (Å²) in [5.41, 5.74) is 0. The van der Waals surface area contributed by atoms with Crippen molar-refractivity contribution in [2.45, 2.75) is 5.37 Å². The number of hydrogen-bond donors (Lipinski definition) is 0. The molecule has 0 spiro atoms. The molecule has 0 radical (unpaired) electrons. The maximum Gasteiger partial charge on any atom is 0.125 e. The Hall–Kier alpha value is -0.0400. The molecule has 1 rings (SSSR count). The predicted molar refractivity (Wildman–Crippen MR) is 31.3 cm³/mol. The van der Waals surface area contributed by atoms with Crippen molar-refractivity contribution in [3.63, 3.8) is 0 Å². The Morgan fingerprint density at radius 2 is 2.50 bits per heavy atom. The summed E-state index contributed by atoms with van der Waals surface area (Å²) >= 11 is -2.41. The van der Waals surface area contributed by atoms with Gasteiger partial charge in [-0.3, -0.25) is 4.21 Å². The van der Waals surface area contributed by atoms with Gasteiger partial charge in [0, 0.05) is 0 Å². The number of ether oxygens (including phenoxy) is 1. The minimum Gasteiger partial charge on any atom is -0.771 e. The highest BCUT2D eigenvalue weighted by atomic mass is 32.2. The first-order chi connectivity index (χ1) is 4.72. The lowest BCUT2D eigenvalue weighted by Crippen LogP contribution is -2.42.